The van der Waals surface area contributed by atoms with Crippen molar-refractivity contribution in [2.75, 3.05) is 0 Å². The lowest BCUT2D eigenvalue weighted by Gasteiger charge is -2.08. The highest BCUT2D eigenvalue weighted by Crippen LogP contribution is 2.16. The monoisotopic (exact) mass is 353 g/mol. The Morgan fingerprint density at radius 2 is 1.92 bits per heavy atom. The lowest BCUT2D eigenvalue weighted by atomic mass is 10.1. The van der Waals surface area contributed by atoms with Crippen LogP contribution in [-0.2, 0) is 24.3 Å². The van der Waals surface area contributed by atoms with Crippen molar-refractivity contribution < 1.29 is 4.79 Å². The molecule has 5 heteroatoms. The predicted octanol–water partition coefficient (Wildman–Crippen LogP) is 3.83. The number of amides is 1. The number of rotatable bonds is 7. The lowest BCUT2D eigenvalue weighted by molar-refractivity contribution is -0.121. The van der Waals surface area contributed by atoms with E-state index in [4.69, 9.17) is 11.6 Å². The second kappa shape index (κ2) is 8.49. The van der Waals surface area contributed by atoms with Crippen LogP contribution in [-0.4, -0.2) is 15.7 Å². The van der Waals surface area contributed by atoms with Gasteiger partial charge in [0.2, 0.25) is 5.91 Å². The topological polar surface area (TPSA) is 46.9 Å². The molecule has 0 bridgehead atoms. The molecule has 0 fully saturated rings. The van der Waals surface area contributed by atoms with Crippen LogP contribution in [0.1, 0.15) is 23.1 Å². The summed E-state index contributed by atoms with van der Waals surface area (Å²) < 4.78 is 1.88. The molecule has 3 aromatic rings. The molecule has 0 saturated carbocycles. The summed E-state index contributed by atoms with van der Waals surface area (Å²) in [5, 5.41) is 7.89. The van der Waals surface area contributed by atoms with Crippen LogP contribution in [0.5, 0.6) is 0 Å². The number of aromatic nitrogens is 2. The molecule has 3 rings (SSSR count). The molecule has 1 amide bonds. The van der Waals surface area contributed by atoms with E-state index in [1.165, 1.54) is 0 Å². The van der Waals surface area contributed by atoms with Gasteiger partial charge in [0.05, 0.1) is 6.54 Å². The predicted molar refractivity (Wildman–Crippen MR) is 99.4 cm³/mol. The Labute approximate surface area is 152 Å². The molecule has 128 valence electrons. The molecule has 1 heterocycles. The summed E-state index contributed by atoms with van der Waals surface area (Å²) in [5.41, 5.74) is 3.24. The Balaban J connectivity index is 1.49. The van der Waals surface area contributed by atoms with Crippen molar-refractivity contribution >= 4 is 17.5 Å². The summed E-state index contributed by atoms with van der Waals surface area (Å²) in [6.07, 6.45) is 4.77. The highest BCUT2D eigenvalue weighted by molar-refractivity contribution is 6.31. The van der Waals surface area contributed by atoms with Crippen molar-refractivity contribution in [2.45, 2.75) is 25.9 Å². The van der Waals surface area contributed by atoms with Crippen molar-refractivity contribution in [3.8, 4) is 0 Å². The molecule has 0 spiro atoms. The van der Waals surface area contributed by atoms with E-state index in [0.29, 0.717) is 24.4 Å². The first-order chi connectivity index (χ1) is 12.2. The third-order valence-electron chi connectivity index (χ3n) is 3.96. The van der Waals surface area contributed by atoms with Gasteiger partial charge in [-0.25, -0.2) is 0 Å². The molecule has 0 radical (unpaired) electrons. The fraction of sp³-hybridized carbons (Fsp3) is 0.200. The minimum absolute atomic E-state index is 0.0254. The van der Waals surface area contributed by atoms with Crippen LogP contribution >= 0.6 is 11.6 Å². The highest BCUT2D eigenvalue weighted by atomic mass is 35.5. The molecule has 0 aliphatic carbocycles. The number of benzene rings is 2. The first-order valence-electron chi connectivity index (χ1n) is 8.26. The Bertz CT molecular complexity index is 830. The molecular formula is C20H20ClN3O. The molecule has 0 saturated heterocycles. The minimum Gasteiger partial charge on any atom is -0.352 e. The number of aryl methyl sites for hydroxylation is 1. The van der Waals surface area contributed by atoms with E-state index < -0.39 is 0 Å². The van der Waals surface area contributed by atoms with Gasteiger partial charge in [-0.05, 0) is 35.2 Å². The van der Waals surface area contributed by atoms with Crippen molar-refractivity contribution in [2.24, 2.45) is 0 Å². The van der Waals surface area contributed by atoms with E-state index in [0.717, 1.165) is 23.2 Å². The number of carbonyl (C=O) groups is 1. The number of hydrogen-bond acceptors (Lipinski definition) is 2. The van der Waals surface area contributed by atoms with Crippen LogP contribution in [0.2, 0.25) is 5.02 Å². The maximum absolute atomic E-state index is 12.1. The summed E-state index contributed by atoms with van der Waals surface area (Å²) >= 11 is 6.12. The highest BCUT2D eigenvalue weighted by Gasteiger charge is 2.05. The van der Waals surface area contributed by atoms with Gasteiger partial charge in [-0.3, -0.25) is 9.48 Å². The quantitative estimate of drug-likeness (QED) is 0.701. The molecule has 0 unspecified atom stereocenters. The smallest absolute Gasteiger partial charge is 0.220 e. The van der Waals surface area contributed by atoms with Crippen molar-refractivity contribution in [1.82, 2.24) is 15.1 Å². The molecule has 4 nitrogen and oxygen atoms in total. The van der Waals surface area contributed by atoms with E-state index in [1.807, 2.05) is 53.3 Å². The first-order valence-corrected chi connectivity index (χ1v) is 8.64. The SMILES string of the molecule is O=C(CCc1ccccc1Cl)NCc1cccc(Cn2cccn2)c1. The average molecular weight is 354 g/mol. The fourth-order valence-corrected chi connectivity index (χ4v) is 2.89. The van der Waals surface area contributed by atoms with Gasteiger partial charge in [0.15, 0.2) is 0 Å². The van der Waals surface area contributed by atoms with Crippen LogP contribution in [0, 0.1) is 0 Å². The van der Waals surface area contributed by atoms with Crippen molar-refractivity contribution in [3.63, 3.8) is 0 Å². The molecule has 0 atom stereocenters. The van der Waals surface area contributed by atoms with Gasteiger partial charge in [-0.15, -0.1) is 0 Å². The number of hydrogen-bond donors (Lipinski definition) is 1. The summed E-state index contributed by atoms with van der Waals surface area (Å²) in [5.74, 6) is 0.0254. The van der Waals surface area contributed by atoms with E-state index in [1.54, 1.807) is 6.20 Å². The zero-order valence-electron chi connectivity index (χ0n) is 13.9. The number of nitrogens with zero attached hydrogens (tertiary/aromatic N) is 2. The normalized spacial score (nSPS) is 10.6. The van der Waals surface area contributed by atoms with Crippen LogP contribution < -0.4 is 5.32 Å². The van der Waals surface area contributed by atoms with E-state index >= 15 is 0 Å². The van der Waals surface area contributed by atoms with Crippen molar-refractivity contribution in [1.29, 1.82) is 0 Å². The Kier molecular flexibility index (Phi) is 5.86. The summed E-state index contributed by atoms with van der Waals surface area (Å²) in [7, 11) is 0. The van der Waals surface area contributed by atoms with E-state index in [2.05, 4.69) is 22.5 Å². The third kappa shape index (κ3) is 5.19. The third-order valence-corrected chi connectivity index (χ3v) is 4.33. The molecule has 2 aromatic carbocycles. The Morgan fingerprint density at radius 1 is 1.08 bits per heavy atom. The largest absolute Gasteiger partial charge is 0.352 e. The second-order valence-corrected chi connectivity index (χ2v) is 6.30. The molecule has 0 aliphatic rings. The maximum atomic E-state index is 12.1. The van der Waals surface area contributed by atoms with Crippen LogP contribution in [0.15, 0.2) is 67.0 Å². The molecule has 1 aromatic heterocycles. The molecule has 1 N–H and O–H groups in total. The van der Waals surface area contributed by atoms with Gasteiger partial charge >= 0.3 is 0 Å². The second-order valence-electron chi connectivity index (χ2n) is 5.89. The van der Waals surface area contributed by atoms with Gasteiger partial charge in [-0.1, -0.05) is 54.1 Å². The lowest BCUT2D eigenvalue weighted by Crippen LogP contribution is -2.23. The van der Waals surface area contributed by atoms with Gasteiger partial charge in [-0.2, -0.15) is 5.10 Å². The average Bonchev–Trinajstić information content (AvgIpc) is 3.12. The minimum atomic E-state index is 0.0254. The number of halogens is 1. The van der Waals surface area contributed by atoms with Gasteiger partial charge in [0.1, 0.15) is 0 Å². The zero-order valence-corrected chi connectivity index (χ0v) is 14.6. The molecule has 25 heavy (non-hydrogen) atoms. The van der Waals surface area contributed by atoms with Crippen LogP contribution in [0.4, 0.5) is 0 Å². The number of nitrogens with one attached hydrogen (secondary N) is 1. The fourth-order valence-electron chi connectivity index (χ4n) is 2.66. The Hall–Kier alpha value is -2.59. The molecule has 0 aliphatic heterocycles. The van der Waals surface area contributed by atoms with Crippen molar-refractivity contribution in [3.05, 3.63) is 88.7 Å². The van der Waals surface area contributed by atoms with Crippen LogP contribution in [0.3, 0.4) is 0 Å². The Morgan fingerprint density at radius 3 is 2.72 bits per heavy atom. The molecular weight excluding hydrogens is 334 g/mol. The standard InChI is InChI=1S/C20H20ClN3O/c21-19-8-2-1-7-18(19)9-10-20(25)22-14-16-5-3-6-17(13-16)15-24-12-4-11-23-24/h1-8,11-13H,9-10,14-15H2,(H,22,25). The van der Waals surface area contributed by atoms with E-state index in [9.17, 15) is 4.79 Å². The summed E-state index contributed by atoms with van der Waals surface area (Å²) in [6.45, 7) is 1.25. The summed E-state index contributed by atoms with van der Waals surface area (Å²) in [4.78, 5) is 12.1. The number of carbonyl (C=O) groups excluding carboxylic acids is 1. The van der Waals surface area contributed by atoms with Gasteiger partial charge in [0.25, 0.3) is 0 Å². The maximum Gasteiger partial charge on any atom is 0.220 e. The van der Waals surface area contributed by atoms with Gasteiger partial charge in [0, 0.05) is 30.4 Å². The van der Waals surface area contributed by atoms with Gasteiger partial charge < -0.3 is 5.32 Å². The van der Waals surface area contributed by atoms with E-state index in [-0.39, 0.29) is 5.91 Å². The first kappa shape index (κ1) is 17.2. The zero-order chi connectivity index (χ0) is 17.5. The van der Waals surface area contributed by atoms with Crippen LogP contribution in [0.25, 0.3) is 0 Å². The summed E-state index contributed by atoms with van der Waals surface area (Å²) in [6, 6.07) is 17.7.